The van der Waals surface area contributed by atoms with Gasteiger partial charge in [-0.3, -0.25) is 14.6 Å². The fourth-order valence-corrected chi connectivity index (χ4v) is 3.77. The Hall–Kier alpha value is -1.30. The van der Waals surface area contributed by atoms with Gasteiger partial charge in [0.05, 0.1) is 6.54 Å². The molecule has 0 atom stereocenters. The highest BCUT2D eigenvalue weighted by atomic mass is 35.5. The van der Waals surface area contributed by atoms with E-state index in [0.717, 1.165) is 37.7 Å². The second-order valence-corrected chi connectivity index (χ2v) is 7.70. The van der Waals surface area contributed by atoms with Crippen molar-refractivity contribution >= 4 is 46.4 Å². The van der Waals surface area contributed by atoms with E-state index in [1.165, 1.54) is 5.56 Å². The first-order valence-corrected chi connectivity index (χ1v) is 9.56. The van der Waals surface area contributed by atoms with Crippen LogP contribution in [0.25, 0.3) is 0 Å². The number of amides is 1. The maximum Gasteiger partial charge on any atom is 0.238 e. The van der Waals surface area contributed by atoms with E-state index in [0.29, 0.717) is 22.3 Å². The van der Waals surface area contributed by atoms with Crippen LogP contribution in [0.3, 0.4) is 0 Å². The van der Waals surface area contributed by atoms with Crippen molar-refractivity contribution in [2.45, 2.75) is 6.54 Å². The molecular weight excluding hydrogens is 393 g/mol. The molecule has 4 nitrogen and oxygen atoms in total. The lowest BCUT2D eigenvalue weighted by Gasteiger charge is -2.34. The van der Waals surface area contributed by atoms with Crippen LogP contribution in [0.4, 0.5) is 5.69 Å². The Morgan fingerprint density at radius 2 is 1.54 bits per heavy atom. The molecule has 1 amide bonds. The number of anilines is 1. The Bertz CT molecular complexity index is 756. The molecule has 7 heteroatoms. The van der Waals surface area contributed by atoms with Crippen molar-refractivity contribution in [3.8, 4) is 0 Å². The Kier molecular flexibility index (Phi) is 6.79. The summed E-state index contributed by atoms with van der Waals surface area (Å²) in [6.07, 6.45) is 0. The molecule has 0 saturated carbocycles. The van der Waals surface area contributed by atoms with Gasteiger partial charge in [0.1, 0.15) is 0 Å². The summed E-state index contributed by atoms with van der Waals surface area (Å²) in [4.78, 5) is 16.8. The number of carbonyl (C=O) groups excluding carboxylic acids is 1. The van der Waals surface area contributed by atoms with Gasteiger partial charge < -0.3 is 5.32 Å². The van der Waals surface area contributed by atoms with Crippen LogP contribution >= 0.6 is 34.8 Å². The van der Waals surface area contributed by atoms with E-state index in [1.54, 1.807) is 18.2 Å². The molecule has 26 heavy (non-hydrogen) atoms. The predicted octanol–water partition coefficient (Wildman–Crippen LogP) is 4.40. The number of carbonyl (C=O) groups is 1. The summed E-state index contributed by atoms with van der Waals surface area (Å²) in [5.41, 5.74) is 1.83. The van der Waals surface area contributed by atoms with E-state index in [-0.39, 0.29) is 5.91 Å². The zero-order valence-corrected chi connectivity index (χ0v) is 16.5. The summed E-state index contributed by atoms with van der Waals surface area (Å²) in [6, 6.07) is 13.0. The van der Waals surface area contributed by atoms with Crippen LogP contribution in [-0.4, -0.2) is 48.4 Å². The lowest BCUT2D eigenvalue weighted by atomic mass is 10.2. The Balaban J connectivity index is 1.45. The molecule has 1 N–H and O–H groups in total. The molecule has 1 aliphatic rings. The van der Waals surface area contributed by atoms with E-state index in [9.17, 15) is 4.79 Å². The number of halogens is 3. The summed E-state index contributed by atoms with van der Waals surface area (Å²) < 4.78 is 0. The van der Waals surface area contributed by atoms with Gasteiger partial charge in [0.15, 0.2) is 0 Å². The summed E-state index contributed by atoms with van der Waals surface area (Å²) in [5.74, 6) is -0.0633. The van der Waals surface area contributed by atoms with Crippen molar-refractivity contribution in [2.75, 3.05) is 38.0 Å². The normalized spacial score (nSPS) is 15.8. The van der Waals surface area contributed by atoms with Gasteiger partial charge in [-0.05, 0) is 35.9 Å². The monoisotopic (exact) mass is 411 g/mol. The van der Waals surface area contributed by atoms with Gasteiger partial charge in [-0.25, -0.2) is 0 Å². The predicted molar refractivity (Wildman–Crippen MR) is 108 cm³/mol. The third kappa shape index (κ3) is 5.86. The second-order valence-electron chi connectivity index (χ2n) is 6.39. The molecule has 138 valence electrons. The minimum Gasteiger partial charge on any atom is -0.325 e. The van der Waals surface area contributed by atoms with Crippen molar-refractivity contribution in [1.82, 2.24) is 9.80 Å². The number of rotatable bonds is 5. The molecule has 0 aromatic heterocycles. The first kappa shape index (κ1) is 19.5. The van der Waals surface area contributed by atoms with Crippen molar-refractivity contribution in [1.29, 1.82) is 0 Å². The number of piperazine rings is 1. The highest BCUT2D eigenvalue weighted by Gasteiger charge is 2.19. The van der Waals surface area contributed by atoms with Gasteiger partial charge in [0.2, 0.25) is 5.91 Å². The molecule has 0 unspecified atom stereocenters. The molecule has 0 spiro atoms. The number of hydrogen-bond acceptors (Lipinski definition) is 3. The van der Waals surface area contributed by atoms with E-state index >= 15 is 0 Å². The minimum atomic E-state index is -0.0633. The molecule has 1 aliphatic heterocycles. The Morgan fingerprint density at radius 3 is 2.19 bits per heavy atom. The molecule has 0 radical (unpaired) electrons. The van der Waals surface area contributed by atoms with Gasteiger partial charge in [-0.15, -0.1) is 0 Å². The third-order valence-electron chi connectivity index (χ3n) is 4.27. The second kappa shape index (κ2) is 9.07. The van der Waals surface area contributed by atoms with Crippen LogP contribution in [-0.2, 0) is 11.3 Å². The van der Waals surface area contributed by atoms with E-state index in [1.807, 2.05) is 18.2 Å². The topological polar surface area (TPSA) is 35.6 Å². The molecule has 0 aliphatic carbocycles. The van der Waals surface area contributed by atoms with Crippen LogP contribution < -0.4 is 5.32 Å². The van der Waals surface area contributed by atoms with Crippen molar-refractivity contribution in [3.63, 3.8) is 0 Å². The lowest BCUT2D eigenvalue weighted by Crippen LogP contribution is -2.48. The average molecular weight is 413 g/mol. The summed E-state index contributed by atoms with van der Waals surface area (Å²) in [6.45, 7) is 4.77. The standard InChI is InChI=1S/C19H20Cl3N3O/c20-15-3-1-2-14(8-15)12-24-4-6-25(7-5-24)13-19(26)23-18-10-16(21)9-17(22)11-18/h1-3,8-11H,4-7,12-13H2,(H,23,26). The van der Waals surface area contributed by atoms with Crippen LogP contribution in [0, 0.1) is 0 Å². The number of nitrogens with one attached hydrogen (secondary N) is 1. The quantitative estimate of drug-likeness (QED) is 0.790. The van der Waals surface area contributed by atoms with Crippen LogP contribution in [0.2, 0.25) is 15.1 Å². The Labute approximate surface area is 168 Å². The lowest BCUT2D eigenvalue weighted by molar-refractivity contribution is -0.117. The van der Waals surface area contributed by atoms with Crippen LogP contribution in [0.5, 0.6) is 0 Å². The van der Waals surface area contributed by atoms with Crippen LogP contribution in [0.15, 0.2) is 42.5 Å². The van der Waals surface area contributed by atoms with E-state index in [2.05, 4.69) is 21.2 Å². The fraction of sp³-hybridized carbons (Fsp3) is 0.316. The zero-order valence-electron chi connectivity index (χ0n) is 14.2. The Morgan fingerprint density at radius 1 is 0.885 bits per heavy atom. The smallest absolute Gasteiger partial charge is 0.238 e. The first-order chi connectivity index (χ1) is 12.5. The van der Waals surface area contributed by atoms with Crippen LogP contribution in [0.1, 0.15) is 5.56 Å². The zero-order chi connectivity index (χ0) is 18.5. The maximum absolute atomic E-state index is 12.2. The number of benzene rings is 2. The van der Waals surface area contributed by atoms with Crippen molar-refractivity contribution in [3.05, 3.63) is 63.1 Å². The molecule has 1 heterocycles. The largest absolute Gasteiger partial charge is 0.325 e. The number of nitrogens with zero attached hydrogens (tertiary/aromatic N) is 2. The molecule has 2 aromatic carbocycles. The van der Waals surface area contributed by atoms with Gasteiger partial charge >= 0.3 is 0 Å². The van der Waals surface area contributed by atoms with E-state index < -0.39 is 0 Å². The van der Waals surface area contributed by atoms with E-state index in [4.69, 9.17) is 34.8 Å². The number of hydrogen-bond donors (Lipinski definition) is 1. The summed E-state index contributed by atoms with van der Waals surface area (Å²) in [7, 11) is 0. The molecule has 1 saturated heterocycles. The molecule has 2 aromatic rings. The molecule has 0 bridgehead atoms. The summed E-state index contributed by atoms with van der Waals surface area (Å²) in [5, 5.41) is 4.62. The fourth-order valence-electron chi connectivity index (χ4n) is 3.03. The summed E-state index contributed by atoms with van der Waals surface area (Å²) >= 11 is 18.0. The van der Waals surface area contributed by atoms with Gasteiger partial charge in [-0.1, -0.05) is 46.9 Å². The van der Waals surface area contributed by atoms with Gasteiger partial charge in [0.25, 0.3) is 0 Å². The van der Waals surface area contributed by atoms with Crippen molar-refractivity contribution < 1.29 is 4.79 Å². The highest BCUT2D eigenvalue weighted by Crippen LogP contribution is 2.22. The van der Waals surface area contributed by atoms with Gasteiger partial charge in [-0.2, -0.15) is 0 Å². The first-order valence-electron chi connectivity index (χ1n) is 8.43. The minimum absolute atomic E-state index is 0.0633. The SMILES string of the molecule is O=C(CN1CCN(Cc2cccc(Cl)c2)CC1)Nc1cc(Cl)cc(Cl)c1. The third-order valence-corrected chi connectivity index (χ3v) is 4.95. The van der Waals surface area contributed by atoms with Crippen molar-refractivity contribution in [2.24, 2.45) is 0 Å². The highest BCUT2D eigenvalue weighted by molar-refractivity contribution is 6.35. The average Bonchev–Trinajstić information content (AvgIpc) is 2.55. The molecule has 1 fully saturated rings. The molecular formula is C19H20Cl3N3O. The molecule has 3 rings (SSSR count). The maximum atomic E-state index is 12.2. The van der Waals surface area contributed by atoms with Gasteiger partial charge in [0, 0.05) is 53.5 Å².